The summed E-state index contributed by atoms with van der Waals surface area (Å²) in [5.74, 6) is 0. The highest BCUT2D eigenvalue weighted by Crippen LogP contribution is 1.85. The second-order valence-electron chi connectivity index (χ2n) is 1.77. The van der Waals surface area contributed by atoms with E-state index in [9.17, 15) is 14.7 Å². The van der Waals surface area contributed by atoms with Crippen molar-refractivity contribution in [1.82, 2.24) is 10.2 Å². The maximum Gasteiger partial charge on any atom is 0.455 e. The van der Waals surface area contributed by atoms with Gasteiger partial charge in [-0.2, -0.15) is 0 Å². The number of alkyl carbamates (subject to hydrolysis) is 1. The number of nitrogens with zero attached hydrogens (tertiary/aromatic N) is 1. The molecule has 0 saturated carbocycles. The zero-order valence-electron chi connectivity index (χ0n) is 6.29. The average Bonchev–Trinajstić information content (AvgIpc) is 1.99. The van der Waals surface area contributed by atoms with Gasteiger partial charge in [0.05, 0.1) is 0 Å². The molecule has 0 spiro atoms. The number of hydrogen-bond acceptors (Lipinski definition) is 3. The molecule has 2 amide bonds. The number of ether oxygens (including phenoxy) is 1. The molecule has 1 N–H and O–H groups in total. The number of amides is 2. The highest BCUT2D eigenvalue weighted by atomic mass is 16.6. The highest BCUT2D eigenvalue weighted by Gasteiger charge is 2.08. The van der Waals surface area contributed by atoms with Crippen molar-refractivity contribution >= 4 is 12.2 Å². The van der Waals surface area contributed by atoms with Crippen LogP contribution in [-0.4, -0.2) is 37.9 Å². The first kappa shape index (κ1) is 9.54. The summed E-state index contributed by atoms with van der Waals surface area (Å²) in [5.41, 5.74) is 0. The van der Waals surface area contributed by atoms with E-state index in [1.165, 1.54) is 14.1 Å². The van der Waals surface area contributed by atoms with Crippen LogP contribution in [0.3, 0.4) is 0 Å². The molecule has 0 aliphatic rings. The third-order valence-electron chi connectivity index (χ3n) is 0.905. The first-order valence-corrected chi connectivity index (χ1v) is 2.84. The van der Waals surface area contributed by atoms with Crippen molar-refractivity contribution in [2.24, 2.45) is 0 Å². The largest absolute Gasteiger partial charge is 0.455 e. The molecule has 0 heterocycles. The Labute approximate surface area is 63.7 Å². The Morgan fingerprint density at radius 3 is 2.45 bits per heavy atom. The van der Waals surface area contributed by atoms with E-state index < -0.39 is 12.2 Å². The van der Waals surface area contributed by atoms with Crippen LogP contribution < -0.4 is 5.32 Å². The molecule has 6 nitrogen and oxygen atoms in total. The quantitative estimate of drug-likeness (QED) is 0.569. The molecule has 0 aromatic carbocycles. The normalized spacial score (nSPS) is 8.55. The van der Waals surface area contributed by atoms with Gasteiger partial charge in [0.25, 0.3) is 0 Å². The molecule has 63 valence electrons. The van der Waals surface area contributed by atoms with Crippen LogP contribution in [0.25, 0.3) is 0 Å². The lowest BCUT2D eigenvalue weighted by molar-refractivity contribution is 0.0669. The summed E-state index contributed by atoms with van der Waals surface area (Å²) in [5, 5.41) is 12.2. The number of carbonyl (C=O) groups is 2. The summed E-state index contributed by atoms with van der Waals surface area (Å²) in [6, 6.07) is 0. The molecule has 0 fully saturated rings. The van der Waals surface area contributed by atoms with Gasteiger partial charge in [-0.1, -0.05) is 0 Å². The van der Waals surface area contributed by atoms with Crippen LogP contribution in [-0.2, 0) is 9.84 Å². The Balaban J connectivity index is 3.54. The topological polar surface area (TPSA) is 78.5 Å². The Kier molecular flexibility index (Phi) is 3.79. The molecule has 0 atom stereocenters. The molecule has 0 aliphatic heterocycles. The van der Waals surface area contributed by atoms with Gasteiger partial charge in [0, 0.05) is 14.1 Å². The van der Waals surface area contributed by atoms with E-state index in [0.717, 1.165) is 4.90 Å². The molecule has 0 rings (SSSR count). The Hall–Kier alpha value is -1.46. The Morgan fingerprint density at radius 2 is 2.09 bits per heavy atom. The van der Waals surface area contributed by atoms with Gasteiger partial charge in [-0.05, 0) is 0 Å². The third kappa shape index (κ3) is 4.01. The monoisotopic (exact) mass is 161 g/mol. The van der Waals surface area contributed by atoms with Crippen LogP contribution in [0, 0.1) is 0 Å². The van der Waals surface area contributed by atoms with Crippen LogP contribution in [0.15, 0.2) is 0 Å². The fourth-order valence-electron chi connectivity index (χ4n) is 0.280. The second kappa shape index (κ2) is 4.37. The van der Waals surface area contributed by atoms with Gasteiger partial charge in [-0.25, -0.2) is 14.7 Å². The van der Waals surface area contributed by atoms with E-state index in [4.69, 9.17) is 0 Å². The fourth-order valence-corrected chi connectivity index (χ4v) is 0.280. The molecule has 1 radical (unpaired) electrons. The van der Waals surface area contributed by atoms with Gasteiger partial charge in [-0.15, -0.1) is 0 Å². The minimum Gasteiger partial charge on any atom is -0.428 e. The van der Waals surface area contributed by atoms with Crippen LogP contribution in [0.1, 0.15) is 0 Å². The van der Waals surface area contributed by atoms with E-state index in [0.29, 0.717) is 0 Å². The van der Waals surface area contributed by atoms with Gasteiger partial charge in [0.1, 0.15) is 0 Å². The van der Waals surface area contributed by atoms with E-state index in [1.807, 2.05) is 0 Å². The summed E-state index contributed by atoms with van der Waals surface area (Å²) >= 11 is 0. The Bertz CT molecular complexity index is 159. The van der Waals surface area contributed by atoms with Crippen LogP contribution in [0.4, 0.5) is 9.59 Å². The number of rotatable bonds is 2. The van der Waals surface area contributed by atoms with E-state index in [1.54, 1.807) is 0 Å². The molecule has 0 aliphatic carbocycles. The number of nitrogens with one attached hydrogen (secondary N) is 1. The van der Waals surface area contributed by atoms with Crippen molar-refractivity contribution in [2.75, 3.05) is 20.8 Å². The zero-order valence-corrected chi connectivity index (χ0v) is 6.29. The maximum absolute atomic E-state index is 10.4. The van der Waals surface area contributed by atoms with Gasteiger partial charge < -0.3 is 10.1 Å². The predicted octanol–water partition coefficient (Wildman–Crippen LogP) is -0.218. The maximum atomic E-state index is 10.4. The minimum atomic E-state index is -1.39. The summed E-state index contributed by atoms with van der Waals surface area (Å²) in [4.78, 5) is 21.1. The molecule has 0 saturated heterocycles. The van der Waals surface area contributed by atoms with Crippen molar-refractivity contribution in [3.05, 3.63) is 0 Å². The summed E-state index contributed by atoms with van der Waals surface area (Å²) in [6.45, 7) is -0.331. The SMILES string of the molecule is CNC(=O)OCN(C)C([O])=O. The molecular formula is C5H9N2O4. The first-order chi connectivity index (χ1) is 5.07. The Morgan fingerprint density at radius 1 is 1.55 bits per heavy atom. The zero-order chi connectivity index (χ0) is 8.85. The highest BCUT2D eigenvalue weighted by molar-refractivity contribution is 5.67. The van der Waals surface area contributed by atoms with Crippen LogP contribution in [0.2, 0.25) is 0 Å². The van der Waals surface area contributed by atoms with Crippen molar-refractivity contribution < 1.29 is 19.4 Å². The van der Waals surface area contributed by atoms with Crippen molar-refractivity contribution in [1.29, 1.82) is 0 Å². The molecule has 11 heavy (non-hydrogen) atoms. The molecule has 0 aromatic heterocycles. The standard InChI is InChI=1S/C5H9N2O4/c1-6-4(8)11-3-7(2)5(9)10/h3H2,1-2H3,(H,6,8). The van der Waals surface area contributed by atoms with Gasteiger partial charge in [0.2, 0.25) is 0 Å². The number of hydrogen-bond donors (Lipinski definition) is 1. The van der Waals surface area contributed by atoms with E-state index in [2.05, 4.69) is 10.1 Å². The smallest absolute Gasteiger partial charge is 0.428 e. The lowest BCUT2D eigenvalue weighted by Crippen LogP contribution is -2.30. The lowest BCUT2D eigenvalue weighted by atomic mass is 10.9. The summed E-state index contributed by atoms with van der Waals surface area (Å²) < 4.78 is 4.37. The average molecular weight is 161 g/mol. The lowest BCUT2D eigenvalue weighted by Gasteiger charge is -2.10. The van der Waals surface area contributed by atoms with E-state index >= 15 is 0 Å². The van der Waals surface area contributed by atoms with Crippen molar-refractivity contribution in [3.8, 4) is 0 Å². The number of carbonyl (C=O) groups excluding carboxylic acids is 2. The molecule has 0 bridgehead atoms. The van der Waals surface area contributed by atoms with Crippen LogP contribution in [0.5, 0.6) is 0 Å². The summed E-state index contributed by atoms with van der Waals surface area (Å²) in [6.07, 6.45) is -2.08. The first-order valence-electron chi connectivity index (χ1n) is 2.84. The molecule has 0 unspecified atom stereocenters. The van der Waals surface area contributed by atoms with E-state index in [-0.39, 0.29) is 6.73 Å². The summed E-state index contributed by atoms with van der Waals surface area (Å²) in [7, 11) is 2.61. The second-order valence-corrected chi connectivity index (χ2v) is 1.77. The molecule has 0 aromatic rings. The van der Waals surface area contributed by atoms with Crippen molar-refractivity contribution in [3.63, 3.8) is 0 Å². The van der Waals surface area contributed by atoms with Gasteiger partial charge in [-0.3, -0.25) is 4.90 Å². The molecule has 6 heteroatoms. The molecular weight excluding hydrogens is 152 g/mol. The van der Waals surface area contributed by atoms with Gasteiger partial charge in [0.15, 0.2) is 6.73 Å². The fraction of sp³-hybridized carbons (Fsp3) is 0.600. The van der Waals surface area contributed by atoms with Gasteiger partial charge >= 0.3 is 12.2 Å². The predicted molar refractivity (Wildman–Crippen MR) is 34.3 cm³/mol. The minimum absolute atomic E-state index is 0.331. The van der Waals surface area contributed by atoms with Crippen LogP contribution >= 0.6 is 0 Å². The third-order valence-corrected chi connectivity index (χ3v) is 0.905. The van der Waals surface area contributed by atoms with Crippen molar-refractivity contribution in [2.45, 2.75) is 0 Å².